The van der Waals surface area contributed by atoms with E-state index in [1.54, 1.807) is 18.5 Å². The van der Waals surface area contributed by atoms with E-state index in [9.17, 15) is 0 Å². The second kappa shape index (κ2) is 8.39. The van der Waals surface area contributed by atoms with E-state index in [0.717, 1.165) is 28.7 Å². The van der Waals surface area contributed by atoms with E-state index in [1.807, 2.05) is 36.4 Å². The van der Waals surface area contributed by atoms with Crippen LogP contribution in [0.15, 0.2) is 54.9 Å². The highest BCUT2D eigenvalue weighted by molar-refractivity contribution is 5.70. The van der Waals surface area contributed by atoms with Gasteiger partial charge in [-0.3, -0.25) is 10.4 Å². The number of rotatable bonds is 4. The van der Waals surface area contributed by atoms with E-state index in [-0.39, 0.29) is 12.4 Å². The largest absolute Gasteiger partial charge is 0.465 e. The summed E-state index contributed by atoms with van der Waals surface area (Å²) in [6.45, 7) is 1.08. The molecule has 0 aliphatic carbocycles. The Hall–Kier alpha value is -3.78. The minimum absolute atomic E-state index is 0.0601. The predicted octanol–water partition coefficient (Wildman–Crippen LogP) is 4.23. The van der Waals surface area contributed by atoms with Crippen molar-refractivity contribution in [1.82, 2.24) is 9.97 Å². The van der Waals surface area contributed by atoms with Crippen LogP contribution in [0.3, 0.4) is 0 Å². The SMILES string of the molecule is N=C(N)OC[C@@H]1c2cc(-c3cccnc3)ccc2Oc2c1cc(C1=CCCOC1)nc2F. The van der Waals surface area contributed by atoms with Crippen LogP contribution in [0.4, 0.5) is 4.39 Å². The van der Waals surface area contributed by atoms with Gasteiger partial charge in [0.05, 0.1) is 24.8 Å². The molecule has 5 rings (SSSR count). The molecule has 0 unspecified atom stereocenters. The Bertz CT molecular complexity index is 1210. The van der Waals surface area contributed by atoms with Crippen molar-refractivity contribution in [2.24, 2.45) is 5.73 Å². The van der Waals surface area contributed by atoms with Crippen molar-refractivity contribution in [3.05, 3.63) is 77.6 Å². The number of hydrogen-bond donors (Lipinski definition) is 2. The van der Waals surface area contributed by atoms with Gasteiger partial charge in [0.1, 0.15) is 12.4 Å². The fourth-order valence-corrected chi connectivity index (χ4v) is 4.04. The molecule has 3 N–H and O–H groups in total. The lowest BCUT2D eigenvalue weighted by Crippen LogP contribution is -2.22. The zero-order valence-corrected chi connectivity index (χ0v) is 17.2. The quantitative estimate of drug-likeness (QED) is 0.363. The number of benzene rings is 1. The standard InChI is InChI=1S/C24H21FN4O3/c25-23-22-18(10-20(29-23)16-4-2-8-30-12-16)19(13-31-24(26)27)17-9-14(5-6-21(17)32-22)15-3-1-7-28-11-15/h1,3-7,9-11,19H,2,8,12-13H2,(H3,26,27)/t19-/m1/s1. The molecular weight excluding hydrogens is 411 g/mol. The molecular formula is C24H21FN4O3. The second-order valence-corrected chi connectivity index (χ2v) is 7.61. The molecule has 0 radical (unpaired) electrons. The first kappa shape index (κ1) is 20.1. The van der Waals surface area contributed by atoms with E-state index >= 15 is 4.39 Å². The molecule has 2 aliphatic rings. The highest BCUT2D eigenvalue weighted by Gasteiger charge is 2.32. The number of nitrogens with one attached hydrogen (secondary N) is 1. The molecule has 3 aromatic rings. The number of aromatic nitrogens is 2. The van der Waals surface area contributed by atoms with Crippen LogP contribution in [0.25, 0.3) is 16.7 Å². The van der Waals surface area contributed by atoms with Crippen molar-refractivity contribution >= 4 is 11.6 Å². The van der Waals surface area contributed by atoms with E-state index < -0.39 is 17.9 Å². The fraction of sp³-hybridized carbons (Fsp3) is 0.208. The lowest BCUT2D eigenvalue weighted by atomic mass is 9.86. The Kier molecular flexibility index (Phi) is 5.28. The molecule has 7 nitrogen and oxygen atoms in total. The third kappa shape index (κ3) is 3.80. The summed E-state index contributed by atoms with van der Waals surface area (Å²) in [5.74, 6) is -0.532. The topological polar surface area (TPSA) is 103 Å². The summed E-state index contributed by atoms with van der Waals surface area (Å²) in [6.07, 6.45) is 6.25. The van der Waals surface area contributed by atoms with Gasteiger partial charge in [0.2, 0.25) is 0 Å². The van der Waals surface area contributed by atoms with E-state index in [2.05, 4.69) is 9.97 Å². The number of fused-ring (bicyclic) bond motifs is 2. The first-order chi connectivity index (χ1) is 15.6. The molecule has 0 amide bonds. The number of nitrogens with zero attached hydrogens (tertiary/aromatic N) is 2. The van der Waals surface area contributed by atoms with Gasteiger partial charge in [0.15, 0.2) is 5.75 Å². The first-order valence-electron chi connectivity index (χ1n) is 10.3. The van der Waals surface area contributed by atoms with Gasteiger partial charge >= 0.3 is 0 Å². The van der Waals surface area contributed by atoms with Crippen LogP contribution in [0.1, 0.15) is 29.2 Å². The van der Waals surface area contributed by atoms with Crippen molar-refractivity contribution in [1.29, 1.82) is 5.41 Å². The molecule has 8 heteroatoms. The monoisotopic (exact) mass is 432 g/mol. The zero-order valence-electron chi connectivity index (χ0n) is 17.2. The minimum atomic E-state index is -0.696. The van der Waals surface area contributed by atoms with E-state index in [4.69, 9.17) is 25.4 Å². The Morgan fingerprint density at radius 2 is 2.12 bits per heavy atom. The highest BCUT2D eigenvalue weighted by atomic mass is 19.1. The van der Waals surface area contributed by atoms with Crippen molar-refractivity contribution < 1.29 is 18.6 Å². The zero-order chi connectivity index (χ0) is 22.1. The van der Waals surface area contributed by atoms with Crippen LogP contribution in [0.2, 0.25) is 0 Å². The van der Waals surface area contributed by atoms with Gasteiger partial charge in [-0.05, 0) is 41.8 Å². The van der Waals surface area contributed by atoms with Gasteiger partial charge in [-0.1, -0.05) is 18.2 Å². The predicted molar refractivity (Wildman–Crippen MR) is 117 cm³/mol. The van der Waals surface area contributed by atoms with Gasteiger partial charge in [-0.2, -0.15) is 4.39 Å². The maximum atomic E-state index is 15.1. The van der Waals surface area contributed by atoms with Crippen LogP contribution >= 0.6 is 0 Å². The van der Waals surface area contributed by atoms with Gasteiger partial charge in [-0.25, -0.2) is 4.98 Å². The number of pyridine rings is 2. The van der Waals surface area contributed by atoms with Crippen molar-refractivity contribution in [3.8, 4) is 22.6 Å². The number of ether oxygens (including phenoxy) is 3. The summed E-state index contributed by atoms with van der Waals surface area (Å²) >= 11 is 0. The van der Waals surface area contributed by atoms with Crippen LogP contribution in [-0.4, -0.2) is 35.8 Å². The molecule has 0 fully saturated rings. The molecule has 2 aromatic heterocycles. The Balaban J connectivity index is 1.62. The Labute approximate surface area is 184 Å². The molecule has 162 valence electrons. The minimum Gasteiger partial charge on any atom is -0.465 e. The maximum Gasteiger partial charge on any atom is 0.279 e. The summed E-state index contributed by atoms with van der Waals surface area (Å²) < 4.78 is 31.9. The molecule has 1 atom stereocenters. The molecule has 0 spiro atoms. The van der Waals surface area contributed by atoms with Gasteiger partial charge in [0, 0.05) is 29.1 Å². The molecule has 2 aliphatic heterocycles. The van der Waals surface area contributed by atoms with Crippen molar-refractivity contribution in [2.45, 2.75) is 12.3 Å². The lowest BCUT2D eigenvalue weighted by molar-refractivity contribution is 0.164. The molecule has 4 heterocycles. The summed E-state index contributed by atoms with van der Waals surface area (Å²) in [5, 5.41) is 7.51. The third-order valence-corrected chi connectivity index (χ3v) is 5.57. The molecule has 32 heavy (non-hydrogen) atoms. The van der Waals surface area contributed by atoms with Crippen LogP contribution in [0.5, 0.6) is 11.5 Å². The van der Waals surface area contributed by atoms with Crippen LogP contribution in [0, 0.1) is 11.4 Å². The Morgan fingerprint density at radius 1 is 1.22 bits per heavy atom. The summed E-state index contributed by atoms with van der Waals surface area (Å²) in [7, 11) is 0. The second-order valence-electron chi connectivity index (χ2n) is 7.61. The highest BCUT2D eigenvalue weighted by Crippen LogP contribution is 2.47. The fourth-order valence-electron chi connectivity index (χ4n) is 4.04. The van der Waals surface area contributed by atoms with Crippen LogP contribution in [-0.2, 0) is 9.47 Å². The molecule has 0 saturated heterocycles. The van der Waals surface area contributed by atoms with Crippen LogP contribution < -0.4 is 10.5 Å². The third-order valence-electron chi connectivity index (χ3n) is 5.57. The van der Waals surface area contributed by atoms with Gasteiger partial charge < -0.3 is 19.9 Å². The van der Waals surface area contributed by atoms with E-state index in [0.29, 0.717) is 30.2 Å². The maximum absolute atomic E-state index is 15.1. The average molecular weight is 432 g/mol. The molecule has 0 saturated carbocycles. The van der Waals surface area contributed by atoms with E-state index in [1.165, 1.54) is 0 Å². The van der Waals surface area contributed by atoms with Crippen molar-refractivity contribution in [3.63, 3.8) is 0 Å². The van der Waals surface area contributed by atoms with Gasteiger partial charge in [0.25, 0.3) is 12.0 Å². The molecule has 1 aromatic carbocycles. The van der Waals surface area contributed by atoms with Gasteiger partial charge in [-0.15, -0.1) is 0 Å². The Morgan fingerprint density at radius 3 is 2.88 bits per heavy atom. The number of nitrogens with two attached hydrogens (primary N) is 1. The number of hydrogen-bond acceptors (Lipinski definition) is 6. The first-order valence-corrected chi connectivity index (χ1v) is 10.3. The smallest absolute Gasteiger partial charge is 0.279 e. The molecule has 0 bridgehead atoms. The summed E-state index contributed by atoms with van der Waals surface area (Å²) in [4.78, 5) is 8.31. The number of halogens is 1. The lowest BCUT2D eigenvalue weighted by Gasteiger charge is -2.29. The summed E-state index contributed by atoms with van der Waals surface area (Å²) in [6, 6.07) is 10.9. The number of amidine groups is 1. The van der Waals surface area contributed by atoms with Crippen molar-refractivity contribution in [2.75, 3.05) is 19.8 Å². The average Bonchev–Trinajstić information content (AvgIpc) is 2.83. The normalized spacial score (nSPS) is 16.9. The summed E-state index contributed by atoms with van der Waals surface area (Å²) in [5.41, 5.74) is 10.1.